The Kier molecular flexibility index (Phi) is 5.39. The molecule has 1 aliphatic heterocycles. The molecule has 1 aromatic heterocycles. The maximum absolute atomic E-state index is 12.5. The summed E-state index contributed by atoms with van der Waals surface area (Å²) in [6, 6.07) is 18.4. The van der Waals surface area contributed by atoms with Gasteiger partial charge in [0.25, 0.3) is 17.1 Å². The molecule has 0 radical (unpaired) electrons. The molecule has 144 valence electrons. The van der Waals surface area contributed by atoms with E-state index >= 15 is 0 Å². The van der Waals surface area contributed by atoms with Crippen molar-refractivity contribution in [2.24, 2.45) is 0 Å². The third-order valence-corrected chi connectivity index (χ3v) is 5.38. The molecule has 1 N–H and O–H groups in total. The number of fused-ring (bicyclic) bond motifs is 1. The molecule has 1 fully saturated rings. The zero-order valence-corrected chi connectivity index (χ0v) is 16.2. The van der Waals surface area contributed by atoms with Gasteiger partial charge in [-0.1, -0.05) is 48.5 Å². The van der Waals surface area contributed by atoms with Crippen LogP contribution in [0.15, 0.2) is 71.8 Å². The third-order valence-electron chi connectivity index (χ3n) is 4.47. The van der Waals surface area contributed by atoms with Crippen LogP contribution in [0.25, 0.3) is 17.0 Å². The van der Waals surface area contributed by atoms with E-state index in [9.17, 15) is 14.4 Å². The number of amides is 3. The highest BCUT2D eigenvalue weighted by molar-refractivity contribution is 8.18. The molecule has 3 aromatic rings. The second kappa shape index (κ2) is 8.28. The molecule has 6 nitrogen and oxygen atoms in total. The van der Waals surface area contributed by atoms with Crippen molar-refractivity contribution in [1.82, 2.24) is 15.2 Å². The molecule has 2 aromatic carbocycles. The van der Waals surface area contributed by atoms with Gasteiger partial charge in [-0.25, -0.2) is 0 Å². The van der Waals surface area contributed by atoms with Gasteiger partial charge in [0.2, 0.25) is 0 Å². The number of rotatable bonds is 5. The number of imide groups is 1. The average Bonchev–Trinajstić information content (AvgIpc) is 3.01. The lowest BCUT2D eigenvalue weighted by Crippen LogP contribution is -2.37. The maximum Gasteiger partial charge on any atom is 0.293 e. The number of carbonyl (C=O) groups excluding carboxylic acids is 3. The third kappa shape index (κ3) is 4.05. The summed E-state index contributed by atoms with van der Waals surface area (Å²) < 4.78 is 0. The quantitative estimate of drug-likeness (QED) is 0.657. The lowest BCUT2D eigenvalue weighted by molar-refractivity contribution is -0.122. The second-order valence-electron chi connectivity index (χ2n) is 6.38. The molecule has 0 saturated carbocycles. The Labute approximate surface area is 171 Å². The van der Waals surface area contributed by atoms with Crippen molar-refractivity contribution in [1.29, 1.82) is 0 Å². The van der Waals surface area contributed by atoms with Gasteiger partial charge in [0, 0.05) is 24.7 Å². The van der Waals surface area contributed by atoms with Crippen LogP contribution in [0.3, 0.4) is 0 Å². The fourth-order valence-electron chi connectivity index (χ4n) is 3.06. The van der Waals surface area contributed by atoms with Crippen LogP contribution in [0.1, 0.15) is 15.9 Å². The SMILES string of the molecule is O=C(NCCN1C(=O)S/C(=C\c2ccccc2)C1=O)c1cccc2cccnc12. The van der Waals surface area contributed by atoms with E-state index in [0.29, 0.717) is 16.0 Å². The Hall–Kier alpha value is -3.45. The van der Waals surface area contributed by atoms with Gasteiger partial charge in [-0.2, -0.15) is 0 Å². The van der Waals surface area contributed by atoms with Gasteiger partial charge in [0.1, 0.15) is 0 Å². The lowest BCUT2D eigenvalue weighted by Gasteiger charge is -2.13. The number of hydrogen-bond donors (Lipinski definition) is 1. The summed E-state index contributed by atoms with van der Waals surface area (Å²) in [5.41, 5.74) is 1.93. The first-order valence-corrected chi connectivity index (χ1v) is 9.87. The van der Waals surface area contributed by atoms with E-state index in [0.717, 1.165) is 27.6 Å². The molecule has 0 bridgehead atoms. The van der Waals surface area contributed by atoms with Crippen molar-refractivity contribution in [2.75, 3.05) is 13.1 Å². The van der Waals surface area contributed by atoms with Crippen molar-refractivity contribution in [2.45, 2.75) is 0 Å². The predicted octanol–water partition coefficient (Wildman–Crippen LogP) is 3.70. The van der Waals surface area contributed by atoms with Crippen LogP contribution in [0, 0.1) is 0 Å². The summed E-state index contributed by atoms with van der Waals surface area (Å²) in [7, 11) is 0. The standard InChI is InChI=1S/C22H17N3O3S/c26-20(17-10-4-8-16-9-5-11-23-19(16)17)24-12-13-25-21(27)18(29-22(25)28)14-15-6-2-1-3-7-15/h1-11,14H,12-13H2,(H,24,26)/b18-14-. The number of carbonyl (C=O) groups is 3. The number of para-hydroxylation sites is 1. The number of aromatic nitrogens is 1. The van der Waals surface area contributed by atoms with Crippen molar-refractivity contribution in [3.63, 3.8) is 0 Å². The van der Waals surface area contributed by atoms with Gasteiger partial charge >= 0.3 is 0 Å². The molecule has 3 amide bonds. The summed E-state index contributed by atoms with van der Waals surface area (Å²) >= 11 is 0.910. The van der Waals surface area contributed by atoms with Crippen molar-refractivity contribution in [3.05, 3.63) is 82.9 Å². The van der Waals surface area contributed by atoms with Gasteiger partial charge in [-0.05, 0) is 35.5 Å². The highest BCUT2D eigenvalue weighted by Gasteiger charge is 2.34. The minimum atomic E-state index is -0.343. The fraction of sp³-hybridized carbons (Fsp3) is 0.0909. The van der Waals surface area contributed by atoms with E-state index in [-0.39, 0.29) is 30.1 Å². The number of pyridine rings is 1. The van der Waals surface area contributed by atoms with E-state index in [2.05, 4.69) is 10.3 Å². The molecule has 4 rings (SSSR count). The van der Waals surface area contributed by atoms with E-state index in [1.165, 1.54) is 0 Å². The van der Waals surface area contributed by atoms with Crippen LogP contribution in [0.5, 0.6) is 0 Å². The monoisotopic (exact) mass is 403 g/mol. The fourth-order valence-corrected chi connectivity index (χ4v) is 3.92. The van der Waals surface area contributed by atoms with Crippen LogP contribution in [0.2, 0.25) is 0 Å². The van der Waals surface area contributed by atoms with Gasteiger partial charge in [0.05, 0.1) is 16.0 Å². The Balaban J connectivity index is 1.40. The minimum absolute atomic E-state index is 0.112. The van der Waals surface area contributed by atoms with Crippen LogP contribution in [-0.2, 0) is 4.79 Å². The topological polar surface area (TPSA) is 79.4 Å². The summed E-state index contributed by atoms with van der Waals surface area (Å²) in [5.74, 6) is -0.633. The van der Waals surface area contributed by atoms with E-state index < -0.39 is 0 Å². The number of thioether (sulfide) groups is 1. The molecule has 0 atom stereocenters. The summed E-state index contributed by atoms with van der Waals surface area (Å²) in [5, 5.41) is 3.31. The highest BCUT2D eigenvalue weighted by atomic mass is 32.2. The van der Waals surface area contributed by atoms with E-state index in [1.807, 2.05) is 48.5 Å². The molecular weight excluding hydrogens is 386 g/mol. The van der Waals surface area contributed by atoms with Crippen molar-refractivity contribution >= 4 is 45.8 Å². The van der Waals surface area contributed by atoms with E-state index in [1.54, 1.807) is 24.4 Å². The molecule has 1 saturated heterocycles. The zero-order chi connectivity index (χ0) is 20.2. The van der Waals surface area contributed by atoms with Crippen LogP contribution < -0.4 is 5.32 Å². The number of nitrogens with zero attached hydrogens (tertiary/aromatic N) is 2. The number of benzene rings is 2. The first-order chi connectivity index (χ1) is 14.1. The van der Waals surface area contributed by atoms with Gasteiger partial charge < -0.3 is 5.32 Å². The van der Waals surface area contributed by atoms with Crippen molar-refractivity contribution in [3.8, 4) is 0 Å². The van der Waals surface area contributed by atoms with Crippen LogP contribution >= 0.6 is 11.8 Å². The zero-order valence-electron chi connectivity index (χ0n) is 15.4. The maximum atomic E-state index is 12.5. The van der Waals surface area contributed by atoms with E-state index in [4.69, 9.17) is 0 Å². The molecule has 0 spiro atoms. The van der Waals surface area contributed by atoms with Gasteiger partial charge in [0.15, 0.2) is 0 Å². The molecule has 0 unspecified atom stereocenters. The molecule has 2 heterocycles. The average molecular weight is 403 g/mol. The smallest absolute Gasteiger partial charge is 0.293 e. The summed E-state index contributed by atoms with van der Waals surface area (Å²) in [6.07, 6.45) is 3.34. The molecule has 29 heavy (non-hydrogen) atoms. The summed E-state index contributed by atoms with van der Waals surface area (Å²) in [4.78, 5) is 43.1. The lowest BCUT2D eigenvalue weighted by atomic mass is 10.1. The van der Waals surface area contributed by atoms with Gasteiger partial charge in [-0.15, -0.1) is 0 Å². The summed E-state index contributed by atoms with van der Waals surface area (Å²) in [6.45, 7) is 0.277. The molecule has 7 heteroatoms. The number of nitrogens with one attached hydrogen (secondary N) is 1. The Morgan fingerprint density at radius 2 is 1.83 bits per heavy atom. The van der Waals surface area contributed by atoms with Crippen molar-refractivity contribution < 1.29 is 14.4 Å². The van der Waals surface area contributed by atoms with Gasteiger partial charge in [-0.3, -0.25) is 24.3 Å². The van der Waals surface area contributed by atoms with Crippen LogP contribution in [0.4, 0.5) is 4.79 Å². The normalized spacial score (nSPS) is 15.3. The first-order valence-electron chi connectivity index (χ1n) is 9.06. The highest BCUT2D eigenvalue weighted by Crippen LogP contribution is 2.31. The molecule has 1 aliphatic rings. The number of hydrogen-bond acceptors (Lipinski definition) is 5. The Morgan fingerprint density at radius 3 is 2.66 bits per heavy atom. The predicted molar refractivity (Wildman–Crippen MR) is 113 cm³/mol. The van der Waals surface area contributed by atoms with Crippen LogP contribution in [-0.4, -0.2) is 40.0 Å². The first kappa shape index (κ1) is 18.9. The largest absolute Gasteiger partial charge is 0.350 e. The Morgan fingerprint density at radius 1 is 1.03 bits per heavy atom. The minimum Gasteiger partial charge on any atom is -0.350 e. The molecule has 0 aliphatic carbocycles. The second-order valence-corrected chi connectivity index (χ2v) is 7.37. The Bertz CT molecular complexity index is 1120. The molecular formula is C22H17N3O3S.